The summed E-state index contributed by atoms with van der Waals surface area (Å²) >= 11 is 0. The number of carbonyl (C=O) groups is 1. The fraction of sp³-hybridized carbons (Fsp3) is 0.900. The second kappa shape index (κ2) is 44.9. The first-order valence-electron chi connectivity index (χ1n) is 24.7. The van der Waals surface area contributed by atoms with Crippen LogP contribution in [0.4, 0.5) is 0 Å². The second-order valence-corrected chi connectivity index (χ2v) is 17.2. The summed E-state index contributed by atoms with van der Waals surface area (Å²) in [6.07, 6.45) is 52.4. The van der Waals surface area contributed by atoms with Crippen molar-refractivity contribution in [2.24, 2.45) is 0 Å². The van der Waals surface area contributed by atoms with E-state index in [1.165, 1.54) is 193 Å². The molecule has 6 nitrogen and oxygen atoms in total. The SMILES string of the molecule is CCCCCCCC/C=C/CCCC(O)C(O)C(CO)NC(=O)C(O)CCCCCCCCCCCCCCC/C=C\CCCCCCCCCCCCCC. The summed E-state index contributed by atoms with van der Waals surface area (Å²) in [7, 11) is 0. The van der Waals surface area contributed by atoms with Gasteiger partial charge in [-0.1, -0.05) is 218 Å². The Bertz CT molecular complexity index is 847. The third kappa shape index (κ3) is 38.3. The van der Waals surface area contributed by atoms with Gasteiger partial charge in [0, 0.05) is 0 Å². The van der Waals surface area contributed by atoms with E-state index in [2.05, 4.69) is 43.5 Å². The highest BCUT2D eigenvalue weighted by Crippen LogP contribution is 2.16. The number of unbranched alkanes of at least 4 members (excludes halogenated alkanes) is 32. The quantitative estimate of drug-likeness (QED) is 0.0312. The Morgan fingerprint density at radius 1 is 0.429 bits per heavy atom. The number of aliphatic hydroxyl groups is 4. The second-order valence-electron chi connectivity index (χ2n) is 17.2. The minimum Gasteiger partial charge on any atom is -0.394 e. The molecule has 0 spiro atoms. The molecule has 0 rings (SSSR count). The van der Waals surface area contributed by atoms with Crippen molar-refractivity contribution in [2.45, 2.75) is 282 Å². The summed E-state index contributed by atoms with van der Waals surface area (Å²) in [5, 5.41) is 43.6. The Morgan fingerprint density at radius 3 is 1.07 bits per heavy atom. The molecule has 56 heavy (non-hydrogen) atoms. The summed E-state index contributed by atoms with van der Waals surface area (Å²) in [6.45, 7) is 4.03. The Balaban J connectivity index is 3.60. The van der Waals surface area contributed by atoms with Gasteiger partial charge in [0.25, 0.3) is 0 Å². The van der Waals surface area contributed by atoms with Crippen LogP contribution in [-0.4, -0.2) is 57.3 Å². The molecule has 0 saturated heterocycles. The molecule has 4 unspecified atom stereocenters. The van der Waals surface area contributed by atoms with Gasteiger partial charge in [-0.25, -0.2) is 0 Å². The molecule has 0 heterocycles. The summed E-state index contributed by atoms with van der Waals surface area (Å²) in [4.78, 5) is 12.5. The van der Waals surface area contributed by atoms with Crippen molar-refractivity contribution in [2.75, 3.05) is 6.61 Å². The van der Waals surface area contributed by atoms with Gasteiger partial charge in [0.2, 0.25) is 5.91 Å². The molecule has 0 aromatic rings. The van der Waals surface area contributed by atoms with E-state index in [1.807, 2.05) is 0 Å². The van der Waals surface area contributed by atoms with Crippen molar-refractivity contribution in [3.8, 4) is 0 Å². The van der Waals surface area contributed by atoms with Gasteiger partial charge in [-0.2, -0.15) is 0 Å². The molecule has 332 valence electrons. The van der Waals surface area contributed by atoms with Crippen molar-refractivity contribution in [3.63, 3.8) is 0 Å². The van der Waals surface area contributed by atoms with Gasteiger partial charge in [0.05, 0.1) is 18.8 Å². The molecular formula is C50H97NO5. The summed E-state index contributed by atoms with van der Waals surface area (Å²) in [6, 6.07) is -0.999. The van der Waals surface area contributed by atoms with Gasteiger partial charge in [-0.05, 0) is 64.2 Å². The zero-order valence-corrected chi connectivity index (χ0v) is 37.4. The highest BCUT2D eigenvalue weighted by atomic mass is 16.3. The Kier molecular flexibility index (Phi) is 43.9. The zero-order valence-electron chi connectivity index (χ0n) is 37.4. The molecule has 0 aliphatic carbocycles. The summed E-state index contributed by atoms with van der Waals surface area (Å²) in [5.74, 6) is -0.593. The summed E-state index contributed by atoms with van der Waals surface area (Å²) < 4.78 is 0. The Morgan fingerprint density at radius 2 is 0.732 bits per heavy atom. The van der Waals surface area contributed by atoms with Gasteiger partial charge in [-0.3, -0.25) is 4.79 Å². The van der Waals surface area contributed by atoms with E-state index in [9.17, 15) is 25.2 Å². The van der Waals surface area contributed by atoms with Crippen LogP contribution in [0.3, 0.4) is 0 Å². The lowest BCUT2D eigenvalue weighted by molar-refractivity contribution is -0.132. The molecule has 0 aromatic carbocycles. The van der Waals surface area contributed by atoms with Crippen molar-refractivity contribution >= 4 is 5.91 Å². The predicted octanol–water partition coefficient (Wildman–Crippen LogP) is 13.5. The van der Waals surface area contributed by atoms with E-state index in [4.69, 9.17) is 0 Å². The third-order valence-corrected chi connectivity index (χ3v) is 11.6. The standard InChI is InChI=1S/C50H97NO5/c1-3-5-7-9-11-13-15-16-17-18-19-20-21-22-23-24-25-26-27-28-29-30-31-32-34-36-38-40-42-44-48(54)50(56)51-46(45-52)49(55)47(53)43-41-39-37-35-33-14-12-10-8-6-4-2/h22-23,35,37,46-49,52-55H,3-21,24-34,36,38-45H2,1-2H3,(H,51,56)/b23-22-,37-35+. The van der Waals surface area contributed by atoms with Gasteiger partial charge in [0.1, 0.15) is 12.2 Å². The van der Waals surface area contributed by atoms with Crippen LogP contribution >= 0.6 is 0 Å². The molecule has 0 saturated carbocycles. The van der Waals surface area contributed by atoms with Crippen LogP contribution in [0.2, 0.25) is 0 Å². The van der Waals surface area contributed by atoms with Crippen LogP contribution in [0.5, 0.6) is 0 Å². The zero-order chi connectivity index (χ0) is 41.0. The largest absolute Gasteiger partial charge is 0.394 e. The van der Waals surface area contributed by atoms with Crippen molar-refractivity contribution in [1.29, 1.82) is 0 Å². The van der Waals surface area contributed by atoms with Gasteiger partial charge in [0.15, 0.2) is 0 Å². The molecule has 4 atom stereocenters. The molecule has 0 aliphatic rings. The van der Waals surface area contributed by atoms with Gasteiger partial charge in [-0.15, -0.1) is 0 Å². The molecular weight excluding hydrogens is 695 g/mol. The van der Waals surface area contributed by atoms with Crippen LogP contribution in [0.25, 0.3) is 0 Å². The first kappa shape index (κ1) is 54.8. The van der Waals surface area contributed by atoms with Crippen molar-refractivity contribution < 1.29 is 25.2 Å². The molecule has 1 amide bonds. The molecule has 0 aliphatic heterocycles. The number of hydrogen-bond acceptors (Lipinski definition) is 5. The number of carbonyl (C=O) groups excluding carboxylic acids is 1. The minimum absolute atomic E-state index is 0.365. The number of hydrogen-bond donors (Lipinski definition) is 5. The number of allylic oxidation sites excluding steroid dienone is 4. The topological polar surface area (TPSA) is 110 Å². The average molecular weight is 792 g/mol. The lowest BCUT2D eigenvalue weighted by Crippen LogP contribution is -2.53. The molecule has 6 heteroatoms. The van der Waals surface area contributed by atoms with Crippen LogP contribution in [0.1, 0.15) is 258 Å². The normalized spacial score (nSPS) is 14.2. The third-order valence-electron chi connectivity index (χ3n) is 11.6. The number of nitrogens with one attached hydrogen (secondary N) is 1. The van der Waals surface area contributed by atoms with E-state index >= 15 is 0 Å². The van der Waals surface area contributed by atoms with Gasteiger partial charge >= 0.3 is 0 Å². The molecule has 0 fully saturated rings. The van der Waals surface area contributed by atoms with E-state index in [1.54, 1.807) is 0 Å². The van der Waals surface area contributed by atoms with Crippen LogP contribution < -0.4 is 5.32 Å². The van der Waals surface area contributed by atoms with E-state index in [0.717, 1.165) is 38.5 Å². The maximum absolute atomic E-state index is 12.5. The fourth-order valence-corrected chi connectivity index (χ4v) is 7.69. The average Bonchev–Trinajstić information content (AvgIpc) is 3.20. The van der Waals surface area contributed by atoms with Crippen molar-refractivity contribution in [1.82, 2.24) is 5.32 Å². The molecule has 0 aromatic heterocycles. The predicted molar refractivity (Wildman–Crippen MR) is 242 cm³/mol. The van der Waals surface area contributed by atoms with E-state index in [-0.39, 0.29) is 0 Å². The maximum Gasteiger partial charge on any atom is 0.249 e. The monoisotopic (exact) mass is 792 g/mol. The lowest BCUT2D eigenvalue weighted by atomic mass is 10.00. The van der Waals surface area contributed by atoms with E-state index < -0.39 is 36.9 Å². The number of aliphatic hydroxyl groups excluding tert-OH is 4. The van der Waals surface area contributed by atoms with Gasteiger partial charge < -0.3 is 25.7 Å². The lowest BCUT2D eigenvalue weighted by Gasteiger charge is -2.27. The number of amides is 1. The Hall–Kier alpha value is -1.21. The maximum atomic E-state index is 12.5. The first-order valence-corrected chi connectivity index (χ1v) is 24.7. The smallest absolute Gasteiger partial charge is 0.249 e. The highest BCUT2D eigenvalue weighted by Gasteiger charge is 2.28. The molecule has 5 N–H and O–H groups in total. The fourth-order valence-electron chi connectivity index (χ4n) is 7.69. The van der Waals surface area contributed by atoms with Crippen LogP contribution in [0, 0.1) is 0 Å². The molecule has 0 radical (unpaired) electrons. The highest BCUT2D eigenvalue weighted by molar-refractivity contribution is 5.80. The Labute approximate surface area is 348 Å². The van der Waals surface area contributed by atoms with E-state index in [0.29, 0.717) is 12.8 Å². The minimum atomic E-state index is -1.28. The van der Waals surface area contributed by atoms with Crippen LogP contribution in [0.15, 0.2) is 24.3 Å². The summed E-state index contributed by atoms with van der Waals surface area (Å²) in [5.41, 5.74) is 0. The molecule has 0 bridgehead atoms. The first-order chi connectivity index (χ1) is 27.5. The van der Waals surface area contributed by atoms with Crippen molar-refractivity contribution in [3.05, 3.63) is 24.3 Å². The number of rotatable bonds is 45. The van der Waals surface area contributed by atoms with Crippen LogP contribution in [-0.2, 0) is 4.79 Å².